The maximum absolute atomic E-state index is 11.4. The molecule has 0 aromatic carbocycles. The maximum atomic E-state index is 11.4. The number of carbonyl (C=O) groups is 1. The summed E-state index contributed by atoms with van der Waals surface area (Å²) in [6.07, 6.45) is 3.13. The zero-order valence-corrected chi connectivity index (χ0v) is 10.5. The molecule has 0 heterocycles. The second kappa shape index (κ2) is 7.46. The lowest BCUT2D eigenvalue weighted by molar-refractivity contribution is -0.118. The van der Waals surface area contributed by atoms with E-state index in [-0.39, 0.29) is 11.9 Å². The Morgan fingerprint density at radius 3 is 2.47 bits per heavy atom. The third-order valence-corrected chi connectivity index (χ3v) is 2.37. The van der Waals surface area contributed by atoms with Gasteiger partial charge in [-0.3, -0.25) is 4.79 Å². The van der Waals surface area contributed by atoms with Crippen molar-refractivity contribution in [2.75, 3.05) is 20.6 Å². The standard InChI is InChI=1S/C12H24N2O/c1-6-11(8-7-9-14(4)5)13-12(15)10(2)3/h11H,2,6-9H2,1,3-5H3,(H,13,15). The average Bonchev–Trinajstić information content (AvgIpc) is 2.15. The van der Waals surface area contributed by atoms with Crippen LogP contribution in [0.3, 0.4) is 0 Å². The topological polar surface area (TPSA) is 32.3 Å². The lowest BCUT2D eigenvalue weighted by atomic mass is 10.1. The highest BCUT2D eigenvalue weighted by Crippen LogP contribution is 2.03. The highest BCUT2D eigenvalue weighted by molar-refractivity contribution is 5.92. The summed E-state index contributed by atoms with van der Waals surface area (Å²) < 4.78 is 0. The van der Waals surface area contributed by atoms with Crippen LogP contribution in [0.15, 0.2) is 12.2 Å². The van der Waals surface area contributed by atoms with Crippen molar-refractivity contribution in [2.45, 2.75) is 39.2 Å². The van der Waals surface area contributed by atoms with Crippen molar-refractivity contribution >= 4 is 5.91 Å². The van der Waals surface area contributed by atoms with E-state index >= 15 is 0 Å². The van der Waals surface area contributed by atoms with E-state index in [1.807, 2.05) is 0 Å². The van der Waals surface area contributed by atoms with Crippen LogP contribution in [0.4, 0.5) is 0 Å². The molecule has 0 aromatic heterocycles. The highest BCUT2D eigenvalue weighted by atomic mass is 16.1. The molecule has 0 aliphatic rings. The van der Waals surface area contributed by atoms with Gasteiger partial charge in [-0.15, -0.1) is 0 Å². The third kappa shape index (κ3) is 7.14. The number of hydrogen-bond donors (Lipinski definition) is 1. The van der Waals surface area contributed by atoms with Gasteiger partial charge in [0.2, 0.25) is 5.91 Å². The molecule has 1 unspecified atom stereocenters. The molecule has 3 nitrogen and oxygen atoms in total. The van der Waals surface area contributed by atoms with Crippen LogP contribution in [-0.2, 0) is 4.79 Å². The Hall–Kier alpha value is -0.830. The summed E-state index contributed by atoms with van der Waals surface area (Å²) in [5, 5.41) is 2.98. The lowest BCUT2D eigenvalue weighted by Crippen LogP contribution is -2.35. The van der Waals surface area contributed by atoms with E-state index in [4.69, 9.17) is 0 Å². The van der Waals surface area contributed by atoms with E-state index in [1.54, 1.807) is 6.92 Å². The van der Waals surface area contributed by atoms with Crippen LogP contribution >= 0.6 is 0 Å². The minimum absolute atomic E-state index is 0.0216. The fourth-order valence-corrected chi connectivity index (χ4v) is 1.34. The monoisotopic (exact) mass is 212 g/mol. The lowest BCUT2D eigenvalue weighted by Gasteiger charge is -2.18. The number of carbonyl (C=O) groups excluding carboxylic acids is 1. The molecule has 0 radical (unpaired) electrons. The molecule has 1 amide bonds. The van der Waals surface area contributed by atoms with Crippen LogP contribution in [0.5, 0.6) is 0 Å². The van der Waals surface area contributed by atoms with Crippen LogP contribution in [0.1, 0.15) is 33.1 Å². The van der Waals surface area contributed by atoms with Gasteiger partial charge in [0, 0.05) is 11.6 Å². The zero-order chi connectivity index (χ0) is 11.8. The van der Waals surface area contributed by atoms with E-state index in [0.29, 0.717) is 5.57 Å². The molecule has 0 aromatic rings. The number of rotatable bonds is 7. The van der Waals surface area contributed by atoms with Crippen molar-refractivity contribution in [2.24, 2.45) is 0 Å². The number of nitrogens with zero attached hydrogens (tertiary/aromatic N) is 1. The van der Waals surface area contributed by atoms with Gasteiger partial charge in [-0.1, -0.05) is 13.5 Å². The normalized spacial score (nSPS) is 12.6. The SMILES string of the molecule is C=C(C)C(=O)NC(CC)CCCN(C)C. The fourth-order valence-electron chi connectivity index (χ4n) is 1.34. The highest BCUT2D eigenvalue weighted by Gasteiger charge is 2.10. The smallest absolute Gasteiger partial charge is 0.246 e. The number of hydrogen-bond acceptors (Lipinski definition) is 2. The fraction of sp³-hybridized carbons (Fsp3) is 0.750. The Kier molecular flexibility index (Phi) is 7.05. The summed E-state index contributed by atoms with van der Waals surface area (Å²) in [5.41, 5.74) is 0.584. The van der Waals surface area contributed by atoms with Crippen molar-refractivity contribution in [3.8, 4) is 0 Å². The van der Waals surface area contributed by atoms with Crippen molar-refractivity contribution < 1.29 is 4.79 Å². The molecule has 3 heteroatoms. The minimum atomic E-state index is -0.0216. The van der Waals surface area contributed by atoms with Gasteiger partial charge in [-0.05, 0) is 46.8 Å². The van der Waals surface area contributed by atoms with E-state index in [1.165, 1.54) is 0 Å². The van der Waals surface area contributed by atoms with Crippen LogP contribution in [0.25, 0.3) is 0 Å². The number of nitrogens with one attached hydrogen (secondary N) is 1. The van der Waals surface area contributed by atoms with Crippen molar-refractivity contribution in [3.63, 3.8) is 0 Å². The molecule has 0 saturated heterocycles. The number of amides is 1. The van der Waals surface area contributed by atoms with Crippen LogP contribution in [0, 0.1) is 0 Å². The second-order valence-corrected chi connectivity index (χ2v) is 4.30. The Morgan fingerprint density at radius 1 is 1.47 bits per heavy atom. The van der Waals surface area contributed by atoms with Gasteiger partial charge in [0.05, 0.1) is 0 Å². The molecule has 0 aliphatic carbocycles. The van der Waals surface area contributed by atoms with Crippen LogP contribution in [-0.4, -0.2) is 37.5 Å². The summed E-state index contributed by atoms with van der Waals surface area (Å²) >= 11 is 0. The molecular weight excluding hydrogens is 188 g/mol. The van der Waals surface area contributed by atoms with Crippen molar-refractivity contribution in [1.82, 2.24) is 10.2 Å². The Bertz CT molecular complexity index is 212. The van der Waals surface area contributed by atoms with Gasteiger partial charge in [-0.2, -0.15) is 0 Å². The van der Waals surface area contributed by atoms with Gasteiger partial charge in [0.15, 0.2) is 0 Å². The summed E-state index contributed by atoms with van der Waals surface area (Å²) in [6.45, 7) is 8.53. The van der Waals surface area contributed by atoms with E-state index < -0.39 is 0 Å². The summed E-state index contributed by atoms with van der Waals surface area (Å²) in [6, 6.07) is 0.286. The van der Waals surface area contributed by atoms with Crippen molar-refractivity contribution in [3.05, 3.63) is 12.2 Å². The maximum Gasteiger partial charge on any atom is 0.246 e. The van der Waals surface area contributed by atoms with Crippen LogP contribution < -0.4 is 5.32 Å². The molecule has 88 valence electrons. The predicted octanol–water partition coefficient (Wildman–Crippen LogP) is 1.80. The largest absolute Gasteiger partial charge is 0.350 e. The molecule has 0 spiro atoms. The van der Waals surface area contributed by atoms with E-state index in [9.17, 15) is 4.79 Å². The predicted molar refractivity (Wildman–Crippen MR) is 64.8 cm³/mol. The first kappa shape index (κ1) is 14.2. The van der Waals surface area contributed by atoms with Gasteiger partial charge in [0.25, 0.3) is 0 Å². The molecule has 1 atom stereocenters. The van der Waals surface area contributed by atoms with Gasteiger partial charge < -0.3 is 10.2 Å². The quantitative estimate of drug-likeness (QED) is 0.653. The van der Waals surface area contributed by atoms with Crippen molar-refractivity contribution in [1.29, 1.82) is 0 Å². The molecule has 15 heavy (non-hydrogen) atoms. The first-order valence-corrected chi connectivity index (χ1v) is 5.58. The molecule has 0 fully saturated rings. The van der Waals surface area contributed by atoms with Crippen LogP contribution in [0.2, 0.25) is 0 Å². The molecule has 0 saturated carbocycles. The first-order valence-electron chi connectivity index (χ1n) is 5.58. The van der Waals surface area contributed by atoms with Gasteiger partial charge >= 0.3 is 0 Å². The summed E-state index contributed by atoms with van der Waals surface area (Å²) in [4.78, 5) is 13.5. The van der Waals surface area contributed by atoms with E-state index in [2.05, 4.69) is 37.8 Å². The zero-order valence-electron chi connectivity index (χ0n) is 10.5. The summed E-state index contributed by atoms with van der Waals surface area (Å²) in [7, 11) is 4.13. The second-order valence-electron chi connectivity index (χ2n) is 4.30. The Morgan fingerprint density at radius 2 is 2.07 bits per heavy atom. The molecule has 0 bridgehead atoms. The Labute approximate surface area is 93.5 Å². The molecule has 1 N–H and O–H groups in total. The third-order valence-electron chi connectivity index (χ3n) is 2.37. The average molecular weight is 212 g/mol. The summed E-state index contributed by atoms with van der Waals surface area (Å²) in [5.74, 6) is -0.0216. The molecule has 0 rings (SSSR count). The van der Waals surface area contributed by atoms with Gasteiger partial charge in [0.1, 0.15) is 0 Å². The molecular formula is C12H24N2O. The van der Waals surface area contributed by atoms with E-state index in [0.717, 1.165) is 25.8 Å². The first-order chi connectivity index (χ1) is 6.97. The molecule has 0 aliphatic heterocycles. The Balaban J connectivity index is 3.83. The van der Waals surface area contributed by atoms with Gasteiger partial charge in [-0.25, -0.2) is 0 Å². The minimum Gasteiger partial charge on any atom is -0.350 e.